The molecule has 1 aromatic carbocycles. The van der Waals surface area contributed by atoms with Gasteiger partial charge >= 0.3 is 12.2 Å². The summed E-state index contributed by atoms with van der Waals surface area (Å²) < 4.78 is 44.5. The largest absolute Gasteiger partial charge is 0.497 e. The number of carbonyl (C=O) groups is 1. The highest BCUT2D eigenvalue weighted by molar-refractivity contribution is 5.91. The van der Waals surface area contributed by atoms with E-state index in [4.69, 9.17) is 10.5 Å². The summed E-state index contributed by atoms with van der Waals surface area (Å²) in [6, 6.07) is 8.33. The third kappa shape index (κ3) is 5.14. The fourth-order valence-corrected chi connectivity index (χ4v) is 4.98. The molecule has 3 rings (SSSR count). The lowest BCUT2D eigenvalue weighted by Crippen LogP contribution is -2.50. The number of halogens is 3. The van der Waals surface area contributed by atoms with Crippen LogP contribution in [0.15, 0.2) is 36.5 Å². The van der Waals surface area contributed by atoms with Gasteiger partial charge in [0.15, 0.2) is 0 Å². The highest BCUT2D eigenvalue weighted by Crippen LogP contribution is 2.49. The number of alkyl halides is 3. The van der Waals surface area contributed by atoms with Crippen molar-refractivity contribution in [3.8, 4) is 5.75 Å². The molecule has 34 heavy (non-hydrogen) atoms. The fraction of sp³-hybridized carbons (Fsp3) is 0.520. The highest BCUT2D eigenvalue weighted by Gasteiger charge is 2.44. The van der Waals surface area contributed by atoms with Crippen LogP contribution in [0.25, 0.3) is 0 Å². The normalized spacial score (nSPS) is 23.1. The molecule has 2 N–H and O–H groups in total. The number of rotatable bonds is 6. The average Bonchev–Trinajstić information content (AvgIpc) is 2.77. The van der Waals surface area contributed by atoms with E-state index in [9.17, 15) is 18.0 Å². The Kier molecular flexibility index (Phi) is 7.17. The SMILES string of the molecule is COc1cccc([C@]2(N(C)C)CC[C@](C)(CN(C(N)=O)c3cnc(C(F)(F)F)cc3C)CC2)c1. The minimum absolute atomic E-state index is 0.183. The van der Waals surface area contributed by atoms with Crippen LogP contribution in [0.5, 0.6) is 5.75 Å². The van der Waals surface area contributed by atoms with E-state index in [1.54, 1.807) is 7.11 Å². The Morgan fingerprint density at radius 1 is 1.18 bits per heavy atom. The molecular weight excluding hydrogens is 445 g/mol. The Morgan fingerprint density at radius 3 is 2.32 bits per heavy atom. The van der Waals surface area contributed by atoms with E-state index in [2.05, 4.69) is 43.0 Å². The van der Waals surface area contributed by atoms with Gasteiger partial charge < -0.3 is 10.5 Å². The van der Waals surface area contributed by atoms with Gasteiger partial charge in [-0.25, -0.2) is 9.78 Å². The van der Waals surface area contributed by atoms with Crippen LogP contribution in [0.4, 0.5) is 23.7 Å². The van der Waals surface area contributed by atoms with Crippen LogP contribution in [0.3, 0.4) is 0 Å². The van der Waals surface area contributed by atoms with E-state index in [1.165, 1.54) is 17.4 Å². The van der Waals surface area contributed by atoms with Crippen molar-refractivity contribution in [2.75, 3.05) is 32.6 Å². The molecule has 1 aliphatic rings. The number of carbonyl (C=O) groups excluding carboxylic acids is 1. The summed E-state index contributed by atoms with van der Waals surface area (Å²) in [6.07, 6.45) is -0.152. The van der Waals surface area contributed by atoms with Gasteiger partial charge in [-0.3, -0.25) is 9.80 Å². The molecule has 1 saturated carbocycles. The number of hydrogen-bond acceptors (Lipinski definition) is 4. The van der Waals surface area contributed by atoms with Crippen LogP contribution in [0, 0.1) is 12.3 Å². The van der Waals surface area contributed by atoms with E-state index >= 15 is 0 Å². The summed E-state index contributed by atoms with van der Waals surface area (Å²) in [5.41, 5.74) is 6.03. The molecule has 0 bridgehead atoms. The second-order valence-corrected chi connectivity index (χ2v) is 9.75. The summed E-state index contributed by atoms with van der Waals surface area (Å²) in [4.78, 5) is 19.5. The van der Waals surface area contributed by atoms with Crippen molar-refractivity contribution in [1.82, 2.24) is 9.88 Å². The number of primary amides is 1. The molecular formula is C25H33F3N4O2. The van der Waals surface area contributed by atoms with E-state index in [-0.39, 0.29) is 11.0 Å². The number of pyridine rings is 1. The number of amides is 2. The number of methoxy groups -OCH3 is 1. The maximum absolute atomic E-state index is 13.0. The summed E-state index contributed by atoms with van der Waals surface area (Å²) in [5.74, 6) is 0.803. The maximum atomic E-state index is 13.0. The minimum atomic E-state index is -4.55. The van der Waals surface area contributed by atoms with E-state index in [0.717, 1.165) is 43.7 Å². The van der Waals surface area contributed by atoms with Crippen molar-refractivity contribution >= 4 is 11.7 Å². The number of ether oxygens (including phenoxy) is 1. The Hall–Kier alpha value is -2.81. The number of anilines is 1. The van der Waals surface area contributed by atoms with Crippen molar-refractivity contribution in [2.24, 2.45) is 11.1 Å². The first-order valence-corrected chi connectivity index (χ1v) is 11.2. The standard InChI is InChI=1S/C25H33F3N4O2/c1-17-13-21(25(26,27)28)30-15-20(17)32(22(29)33)16-23(2)9-11-24(12-10-23,31(3)4)18-7-6-8-19(14-18)34-5/h6-8,13-15H,9-12,16H2,1-5H3,(H2,29,33)/t23-,24-. The predicted octanol–water partition coefficient (Wildman–Crippen LogP) is 5.34. The molecule has 1 heterocycles. The van der Waals surface area contributed by atoms with Crippen molar-refractivity contribution < 1.29 is 22.7 Å². The molecule has 1 aromatic heterocycles. The van der Waals surface area contributed by atoms with E-state index in [1.807, 2.05) is 12.1 Å². The molecule has 2 amide bonds. The zero-order valence-electron chi connectivity index (χ0n) is 20.4. The molecule has 0 unspecified atom stereocenters. The maximum Gasteiger partial charge on any atom is 0.433 e. The molecule has 0 atom stereocenters. The van der Waals surface area contributed by atoms with Crippen molar-refractivity contribution in [3.05, 3.63) is 53.3 Å². The van der Waals surface area contributed by atoms with Crippen LogP contribution >= 0.6 is 0 Å². The number of urea groups is 1. The van der Waals surface area contributed by atoms with Gasteiger partial charge in [0, 0.05) is 12.1 Å². The number of aryl methyl sites for hydroxylation is 1. The van der Waals surface area contributed by atoms with Crippen molar-refractivity contribution in [2.45, 2.75) is 51.2 Å². The zero-order chi connectivity index (χ0) is 25.3. The van der Waals surface area contributed by atoms with Gasteiger partial charge in [0.2, 0.25) is 0 Å². The molecule has 9 heteroatoms. The third-order valence-electron chi connectivity index (χ3n) is 7.22. The van der Waals surface area contributed by atoms with Crippen LogP contribution < -0.4 is 15.4 Å². The predicted molar refractivity (Wildman–Crippen MR) is 126 cm³/mol. The summed E-state index contributed by atoms with van der Waals surface area (Å²) in [6.45, 7) is 3.93. The molecule has 2 aromatic rings. The molecule has 0 radical (unpaired) electrons. The van der Waals surface area contributed by atoms with Crippen LogP contribution in [0.1, 0.15) is 49.4 Å². The number of hydrogen-bond donors (Lipinski definition) is 1. The molecule has 1 aliphatic carbocycles. The number of nitrogens with zero attached hydrogens (tertiary/aromatic N) is 3. The summed E-state index contributed by atoms with van der Waals surface area (Å²) in [5, 5.41) is 0. The van der Waals surface area contributed by atoms with Gasteiger partial charge in [0.1, 0.15) is 11.4 Å². The van der Waals surface area contributed by atoms with Crippen molar-refractivity contribution in [3.63, 3.8) is 0 Å². The summed E-state index contributed by atoms with van der Waals surface area (Å²) >= 11 is 0. The van der Waals surface area contributed by atoms with Crippen molar-refractivity contribution in [1.29, 1.82) is 0 Å². The molecule has 6 nitrogen and oxygen atoms in total. The fourth-order valence-electron chi connectivity index (χ4n) is 4.98. The zero-order valence-corrected chi connectivity index (χ0v) is 20.4. The molecule has 0 aliphatic heterocycles. The minimum Gasteiger partial charge on any atom is -0.497 e. The second kappa shape index (κ2) is 9.44. The highest BCUT2D eigenvalue weighted by atomic mass is 19.4. The molecule has 186 valence electrons. The van der Waals surface area contributed by atoms with Gasteiger partial charge in [-0.15, -0.1) is 0 Å². The lowest BCUT2D eigenvalue weighted by atomic mass is 9.65. The smallest absolute Gasteiger partial charge is 0.433 e. The first kappa shape index (κ1) is 25.8. The molecule has 0 spiro atoms. The van der Waals surface area contributed by atoms with Gasteiger partial charge in [0.25, 0.3) is 0 Å². The first-order valence-electron chi connectivity index (χ1n) is 11.2. The Balaban J connectivity index is 1.85. The quantitative estimate of drug-likeness (QED) is 0.608. The number of benzene rings is 1. The lowest BCUT2D eigenvalue weighted by Gasteiger charge is -2.50. The number of aromatic nitrogens is 1. The third-order valence-corrected chi connectivity index (χ3v) is 7.22. The van der Waals surface area contributed by atoms with Gasteiger partial charge in [-0.05, 0) is 81.4 Å². The number of nitrogens with two attached hydrogens (primary N) is 1. The monoisotopic (exact) mass is 478 g/mol. The Bertz CT molecular complexity index is 1030. The Morgan fingerprint density at radius 2 is 1.82 bits per heavy atom. The van der Waals surface area contributed by atoms with Gasteiger partial charge in [-0.1, -0.05) is 19.1 Å². The van der Waals surface area contributed by atoms with E-state index in [0.29, 0.717) is 17.8 Å². The second-order valence-electron chi connectivity index (χ2n) is 9.75. The molecule has 1 fully saturated rings. The summed E-state index contributed by atoms with van der Waals surface area (Å²) in [7, 11) is 5.78. The lowest BCUT2D eigenvalue weighted by molar-refractivity contribution is -0.141. The van der Waals surface area contributed by atoms with Crippen LogP contribution in [-0.4, -0.2) is 43.7 Å². The van der Waals surface area contributed by atoms with Crippen LogP contribution in [-0.2, 0) is 11.7 Å². The Labute approximate surface area is 198 Å². The van der Waals surface area contributed by atoms with Gasteiger partial charge in [-0.2, -0.15) is 13.2 Å². The average molecular weight is 479 g/mol. The topological polar surface area (TPSA) is 71.7 Å². The first-order chi connectivity index (χ1) is 15.8. The van der Waals surface area contributed by atoms with E-state index < -0.39 is 17.9 Å². The van der Waals surface area contributed by atoms with Gasteiger partial charge in [0.05, 0.1) is 19.0 Å². The molecule has 0 saturated heterocycles. The van der Waals surface area contributed by atoms with Crippen LogP contribution in [0.2, 0.25) is 0 Å².